The van der Waals surface area contributed by atoms with E-state index >= 15 is 0 Å². The zero-order valence-electron chi connectivity index (χ0n) is 12.5. The number of halogens is 3. The van der Waals surface area contributed by atoms with E-state index in [-0.39, 0.29) is 23.1 Å². The molecule has 2 aliphatic rings. The number of nitrogens with one attached hydrogen (secondary N) is 1. The van der Waals surface area contributed by atoms with Gasteiger partial charge in [0.05, 0.1) is 6.61 Å². The van der Waals surface area contributed by atoms with Gasteiger partial charge in [-0.1, -0.05) is 0 Å². The minimum atomic E-state index is -4.57. The Balaban J connectivity index is 1.47. The van der Waals surface area contributed by atoms with E-state index in [0.29, 0.717) is 0 Å². The number of aromatic nitrogens is 4. The second kappa shape index (κ2) is 5.13. The highest BCUT2D eigenvalue weighted by atomic mass is 19.4. The van der Waals surface area contributed by atoms with Crippen LogP contribution in [0.5, 0.6) is 0 Å². The van der Waals surface area contributed by atoms with Crippen molar-refractivity contribution in [3.8, 4) is 0 Å². The highest BCUT2D eigenvalue weighted by Gasteiger charge is 2.47. The van der Waals surface area contributed by atoms with Gasteiger partial charge >= 0.3 is 6.18 Å². The molecular weight excluding hydrogens is 327 g/mol. The van der Waals surface area contributed by atoms with Crippen molar-refractivity contribution in [1.82, 2.24) is 24.9 Å². The molecule has 3 heterocycles. The number of fused-ring (bicyclic) bond motifs is 1. The second-order valence-corrected chi connectivity index (χ2v) is 6.37. The molecule has 2 aromatic heterocycles. The van der Waals surface area contributed by atoms with E-state index in [0.717, 1.165) is 49.3 Å². The van der Waals surface area contributed by atoms with Crippen LogP contribution in [0.25, 0.3) is 5.78 Å². The summed E-state index contributed by atoms with van der Waals surface area (Å²) < 4.78 is 44.4. The molecule has 128 valence electrons. The molecule has 1 spiro atoms. The SMILES string of the molecule is O=C(NC1CC2(CCOC2)C1)c1nc2nc(C(F)(F)F)ccn2n1. The van der Waals surface area contributed by atoms with Crippen LogP contribution >= 0.6 is 0 Å². The largest absolute Gasteiger partial charge is 0.433 e. The smallest absolute Gasteiger partial charge is 0.381 e. The number of hydrogen-bond acceptors (Lipinski definition) is 5. The fourth-order valence-corrected chi connectivity index (χ4v) is 3.34. The molecule has 1 aliphatic heterocycles. The van der Waals surface area contributed by atoms with Gasteiger partial charge in [-0.15, -0.1) is 5.10 Å². The third kappa shape index (κ3) is 2.60. The molecule has 0 bridgehead atoms. The molecule has 0 unspecified atom stereocenters. The molecule has 1 aliphatic carbocycles. The van der Waals surface area contributed by atoms with Crippen LogP contribution in [0.3, 0.4) is 0 Å². The number of hydrogen-bond donors (Lipinski definition) is 1. The number of alkyl halides is 3. The normalized spacial score (nSPS) is 26.7. The van der Waals surface area contributed by atoms with Crippen molar-refractivity contribution in [3.63, 3.8) is 0 Å². The maximum atomic E-state index is 12.6. The van der Waals surface area contributed by atoms with Gasteiger partial charge in [-0.2, -0.15) is 18.2 Å². The van der Waals surface area contributed by atoms with Crippen LogP contribution in [0.15, 0.2) is 12.3 Å². The summed E-state index contributed by atoms with van der Waals surface area (Å²) in [5, 5.41) is 6.68. The summed E-state index contributed by atoms with van der Waals surface area (Å²) in [4.78, 5) is 19.4. The number of carbonyl (C=O) groups is 1. The quantitative estimate of drug-likeness (QED) is 0.894. The summed E-state index contributed by atoms with van der Waals surface area (Å²) in [6.07, 6.45) is -0.815. The summed E-state index contributed by atoms with van der Waals surface area (Å²) in [6, 6.07) is 0.809. The first-order valence-corrected chi connectivity index (χ1v) is 7.54. The van der Waals surface area contributed by atoms with Crippen LogP contribution in [0.4, 0.5) is 13.2 Å². The summed E-state index contributed by atoms with van der Waals surface area (Å²) in [6.45, 7) is 1.47. The predicted molar refractivity (Wildman–Crippen MR) is 74.1 cm³/mol. The average molecular weight is 341 g/mol. The van der Waals surface area contributed by atoms with Gasteiger partial charge in [0.15, 0.2) is 0 Å². The first-order chi connectivity index (χ1) is 11.3. The van der Waals surface area contributed by atoms with E-state index < -0.39 is 17.8 Å². The minimum Gasteiger partial charge on any atom is -0.381 e. The van der Waals surface area contributed by atoms with Gasteiger partial charge < -0.3 is 10.1 Å². The van der Waals surface area contributed by atoms with Crippen molar-refractivity contribution in [3.05, 3.63) is 23.8 Å². The molecule has 1 saturated heterocycles. The molecule has 1 N–H and O–H groups in total. The number of ether oxygens (including phenoxy) is 1. The van der Waals surface area contributed by atoms with Crippen molar-refractivity contribution >= 4 is 11.7 Å². The van der Waals surface area contributed by atoms with Gasteiger partial charge in [0.1, 0.15) is 5.69 Å². The fraction of sp³-hybridized carbons (Fsp3) is 0.571. The summed E-state index contributed by atoms with van der Waals surface area (Å²) in [5.41, 5.74) is -0.899. The highest BCUT2D eigenvalue weighted by molar-refractivity contribution is 5.91. The maximum Gasteiger partial charge on any atom is 0.433 e. The minimum absolute atomic E-state index is 0.0181. The lowest BCUT2D eigenvalue weighted by Crippen LogP contribution is -2.51. The Morgan fingerprint density at radius 2 is 2.17 bits per heavy atom. The monoisotopic (exact) mass is 341 g/mol. The third-order valence-corrected chi connectivity index (χ3v) is 4.58. The van der Waals surface area contributed by atoms with E-state index in [1.807, 2.05) is 0 Å². The van der Waals surface area contributed by atoms with Crippen molar-refractivity contribution in [2.45, 2.75) is 31.5 Å². The Hall–Kier alpha value is -2.23. The van der Waals surface area contributed by atoms with Crippen LogP contribution in [0, 0.1) is 5.41 Å². The van der Waals surface area contributed by atoms with Crippen LogP contribution in [0.2, 0.25) is 0 Å². The Bertz CT molecular complexity index is 789. The van der Waals surface area contributed by atoms with Crippen LogP contribution in [0.1, 0.15) is 35.6 Å². The molecule has 0 radical (unpaired) electrons. The molecule has 1 amide bonds. The van der Waals surface area contributed by atoms with Crippen molar-refractivity contribution in [2.24, 2.45) is 5.41 Å². The standard InChI is InChI=1S/C14H14F3N5O2/c15-14(16,17)9-1-3-22-12(19-9)20-10(21-22)11(23)18-8-5-13(6-8)2-4-24-7-13/h1,3,8H,2,4-7H2,(H,18,23). The van der Waals surface area contributed by atoms with Gasteiger partial charge in [-0.05, 0) is 30.7 Å². The first kappa shape index (κ1) is 15.3. The predicted octanol–water partition coefficient (Wildman–Crippen LogP) is 1.44. The number of carbonyl (C=O) groups excluding carboxylic acids is 1. The maximum absolute atomic E-state index is 12.6. The second-order valence-electron chi connectivity index (χ2n) is 6.37. The lowest BCUT2D eigenvalue weighted by Gasteiger charge is -2.44. The molecule has 0 atom stereocenters. The zero-order valence-corrected chi connectivity index (χ0v) is 12.5. The van der Waals surface area contributed by atoms with Gasteiger partial charge in [0, 0.05) is 18.8 Å². The van der Waals surface area contributed by atoms with Crippen molar-refractivity contribution < 1.29 is 22.7 Å². The Morgan fingerprint density at radius 1 is 1.38 bits per heavy atom. The highest BCUT2D eigenvalue weighted by Crippen LogP contribution is 2.47. The number of nitrogens with zero attached hydrogens (tertiary/aromatic N) is 4. The van der Waals surface area contributed by atoms with Crippen LogP contribution in [-0.4, -0.2) is 44.7 Å². The number of amides is 1. The van der Waals surface area contributed by atoms with E-state index in [9.17, 15) is 18.0 Å². The molecule has 7 nitrogen and oxygen atoms in total. The molecule has 2 fully saturated rings. The summed E-state index contributed by atoms with van der Waals surface area (Å²) in [5.74, 6) is -0.956. The Kier molecular flexibility index (Phi) is 3.27. The lowest BCUT2D eigenvalue weighted by atomic mass is 9.65. The van der Waals surface area contributed by atoms with Crippen LogP contribution < -0.4 is 5.32 Å². The van der Waals surface area contributed by atoms with Gasteiger partial charge in [-0.25, -0.2) is 9.50 Å². The molecule has 2 aromatic rings. The van der Waals surface area contributed by atoms with Gasteiger partial charge in [0.25, 0.3) is 11.7 Å². The Morgan fingerprint density at radius 3 is 2.83 bits per heavy atom. The van der Waals surface area contributed by atoms with Gasteiger partial charge in [0.2, 0.25) is 5.82 Å². The van der Waals surface area contributed by atoms with E-state index in [1.54, 1.807) is 0 Å². The number of rotatable bonds is 2. The topological polar surface area (TPSA) is 81.4 Å². The summed E-state index contributed by atoms with van der Waals surface area (Å²) in [7, 11) is 0. The van der Waals surface area contributed by atoms with Crippen LogP contribution in [-0.2, 0) is 10.9 Å². The first-order valence-electron chi connectivity index (χ1n) is 7.54. The van der Waals surface area contributed by atoms with Gasteiger partial charge in [-0.3, -0.25) is 4.79 Å². The fourth-order valence-electron chi connectivity index (χ4n) is 3.34. The molecule has 24 heavy (non-hydrogen) atoms. The molecular formula is C14H14F3N5O2. The molecule has 4 rings (SSSR count). The van der Waals surface area contributed by atoms with E-state index in [2.05, 4.69) is 20.4 Å². The molecule has 0 aromatic carbocycles. The van der Waals surface area contributed by atoms with Crippen molar-refractivity contribution in [1.29, 1.82) is 0 Å². The van der Waals surface area contributed by atoms with E-state index in [1.165, 1.54) is 0 Å². The van der Waals surface area contributed by atoms with Crippen molar-refractivity contribution in [2.75, 3.05) is 13.2 Å². The molecule has 10 heteroatoms. The zero-order chi connectivity index (χ0) is 16.9. The van der Waals surface area contributed by atoms with E-state index in [4.69, 9.17) is 4.74 Å². The summed E-state index contributed by atoms with van der Waals surface area (Å²) >= 11 is 0. The average Bonchev–Trinajstić information content (AvgIpc) is 3.11. The Labute approximate surface area is 134 Å². The third-order valence-electron chi connectivity index (χ3n) is 4.58. The molecule has 1 saturated carbocycles. The lowest BCUT2D eigenvalue weighted by molar-refractivity contribution is -0.141.